The number of nitrogens with one attached hydrogen (secondary N) is 1. The number of hydrogen-bond donors (Lipinski definition) is 2. The molecule has 1 fully saturated rings. The van der Waals surface area contributed by atoms with Gasteiger partial charge in [0.25, 0.3) is 0 Å². The van der Waals surface area contributed by atoms with Crippen molar-refractivity contribution in [3.63, 3.8) is 0 Å². The smallest absolute Gasteiger partial charge is 0.320 e. The summed E-state index contributed by atoms with van der Waals surface area (Å²) in [5.41, 5.74) is 0. The van der Waals surface area contributed by atoms with Crippen LogP contribution in [0.4, 0.5) is 0 Å². The van der Waals surface area contributed by atoms with E-state index in [0.717, 1.165) is 25.0 Å². The Morgan fingerprint density at radius 2 is 2.00 bits per heavy atom. The van der Waals surface area contributed by atoms with Crippen LogP contribution in [0.25, 0.3) is 0 Å². The second-order valence-electron chi connectivity index (χ2n) is 4.53. The molecule has 0 aromatic rings. The lowest BCUT2D eigenvalue weighted by Crippen LogP contribution is -2.43. The molecule has 0 radical (unpaired) electrons. The van der Waals surface area contributed by atoms with Crippen molar-refractivity contribution in [1.29, 1.82) is 0 Å². The third-order valence-corrected chi connectivity index (χ3v) is 3.84. The fourth-order valence-corrected chi connectivity index (χ4v) is 2.72. The molecule has 16 heavy (non-hydrogen) atoms. The first-order valence-electron chi connectivity index (χ1n) is 6.22. The minimum Gasteiger partial charge on any atom is -0.480 e. The summed E-state index contributed by atoms with van der Waals surface area (Å²) in [6.45, 7) is 0. The van der Waals surface area contributed by atoms with Crippen LogP contribution in [0.5, 0.6) is 0 Å². The largest absolute Gasteiger partial charge is 0.480 e. The average Bonchev–Trinajstić information content (AvgIpc) is 2.52. The maximum absolute atomic E-state index is 11.1. The van der Waals surface area contributed by atoms with Gasteiger partial charge in [0.2, 0.25) is 0 Å². The molecule has 0 saturated heterocycles. The van der Waals surface area contributed by atoms with Crippen LogP contribution < -0.4 is 5.32 Å². The zero-order chi connectivity index (χ0) is 11.8. The molecule has 0 aromatic heterocycles. The van der Waals surface area contributed by atoms with Gasteiger partial charge >= 0.3 is 5.97 Å². The van der Waals surface area contributed by atoms with Gasteiger partial charge < -0.3 is 10.4 Å². The van der Waals surface area contributed by atoms with E-state index >= 15 is 0 Å². The molecule has 4 heteroatoms. The normalized spacial score (nSPS) is 20.3. The number of carboxylic acid groups (broad SMARTS) is 1. The predicted octanol–water partition coefficient (Wildman–Crippen LogP) is 2.51. The van der Waals surface area contributed by atoms with Crippen LogP contribution in [0, 0.1) is 0 Å². The molecular weight excluding hydrogens is 222 g/mol. The van der Waals surface area contributed by atoms with E-state index in [1.54, 1.807) is 11.8 Å². The molecular formula is C12H23NO2S. The maximum atomic E-state index is 11.1. The first-order chi connectivity index (χ1) is 7.74. The number of hydrogen-bond acceptors (Lipinski definition) is 3. The Hall–Kier alpha value is -0.220. The molecule has 0 amide bonds. The number of rotatable bonds is 6. The second-order valence-corrected chi connectivity index (χ2v) is 5.51. The topological polar surface area (TPSA) is 49.3 Å². The summed E-state index contributed by atoms with van der Waals surface area (Å²) in [6.07, 6.45) is 10.1. The van der Waals surface area contributed by atoms with Crippen LogP contribution in [0.15, 0.2) is 0 Å². The number of carboxylic acids is 1. The lowest BCUT2D eigenvalue weighted by Gasteiger charge is -2.21. The fourth-order valence-electron chi connectivity index (χ4n) is 2.24. The monoisotopic (exact) mass is 245 g/mol. The molecule has 1 aliphatic carbocycles. The molecule has 1 rings (SSSR count). The quantitative estimate of drug-likeness (QED) is 0.706. The zero-order valence-corrected chi connectivity index (χ0v) is 10.9. The molecule has 1 aliphatic rings. The number of aliphatic carboxylic acids is 1. The highest BCUT2D eigenvalue weighted by molar-refractivity contribution is 7.98. The van der Waals surface area contributed by atoms with Crippen molar-refractivity contribution < 1.29 is 9.90 Å². The van der Waals surface area contributed by atoms with Gasteiger partial charge in [0.15, 0.2) is 0 Å². The summed E-state index contributed by atoms with van der Waals surface area (Å²) in [4.78, 5) is 11.1. The first-order valence-corrected chi connectivity index (χ1v) is 7.61. The number of thioether (sulfide) groups is 1. The summed E-state index contributed by atoms with van der Waals surface area (Å²) in [5.74, 6) is 0.217. The van der Waals surface area contributed by atoms with Gasteiger partial charge in [-0.25, -0.2) is 0 Å². The van der Waals surface area contributed by atoms with E-state index in [4.69, 9.17) is 5.11 Å². The SMILES string of the molecule is CSCCC(NC1CCCCCC1)C(=O)O. The molecule has 0 aliphatic heterocycles. The van der Waals surface area contributed by atoms with Crippen LogP contribution in [0.2, 0.25) is 0 Å². The molecule has 1 unspecified atom stereocenters. The zero-order valence-electron chi connectivity index (χ0n) is 10.1. The van der Waals surface area contributed by atoms with Gasteiger partial charge in [-0.05, 0) is 31.3 Å². The summed E-state index contributed by atoms with van der Waals surface area (Å²) in [5, 5.41) is 12.4. The van der Waals surface area contributed by atoms with Crippen LogP contribution in [-0.2, 0) is 4.79 Å². The third kappa shape index (κ3) is 5.21. The van der Waals surface area contributed by atoms with E-state index in [9.17, 15) is 4.79 Å². The van der Waals surface area contributed by atoms with Gasteiger partial charge in [-0.2, -0.15) is 11.8 Å². The molecule has 0 heterocycles. The van der Waals surface area contributed by atoms with Crippen molar-refractivity contribution in [3.05, 3.63) is 0 Å². The Morgan fingerprint density at radius 3 is 2.50 bits per heavy atom. The van der Waals surface area contributed by atoms with E-state index in [2.05, 4.69) is 5.32 Å². The minimum absolute atomic E-state index is 0.351. The van der Waals surface area contributed by atoms with Crippen molar-refractivity contribution in [2.45, 2.75) is 57.0 Å². The summed E-state index contributed by atoms with van der Waals surface area (Å²) in [6, 6.07) is 0.0704. The average molecular weight is 245 g/mol. The molecule has 3 nitrogen and oxygen atoms in total. The molecule has 2 N–H and O–H groups in total. The lowest BCUT2D eigenvalue weighted by atomic mass is 10.1. The summed E-state index contributed by atoms with van der Waals surface area (Å²) >= 11 is 1.71. The van der Waals surface area contributed by atoms with Gasteiger partial charge in [-0.3, -0.25) is 4.79 Å². The van der Waals surface area contributed by atoms with E-state index in [0.29, 0.717) is 6.04 Å². The van der Waals surface area contributed by atoms with Crippen LogP contribution in [0.3, 0.4) is 0 Å². The third-order valence-electron chi connectivity index (χ3n) is 3.20. The van der Waals surface area contributed by atoms with Crippen LogP contribution in [-0.4, -0.2) is 35.2 Å². The highest BCUT2D eigenvalue weighted by Crippen LogP contribution is 2.18. The lowest BCUT2D eigenvalue weighted by molar-refractivity contribution is -0.139. The molecule has 94 valence electrons. The Bertz CT molecular complexity index is 203. The summed E-state index contributed by atoms with van der Waals surface area (Å²) < 4.78 is 0. The van der Waals surface area contributed by atoms with Crippen molar-refractivity contribution in [2.75, 3.05) is 12.0 Å². The first kappa shape index (κ1) is 13.8. The molecule has 1 atom stereocenters. The Kier molecular flexibility index (Phi) is 6.88. The Morgan fingerprint density at radius 1 is 1.38 bits per heavy atom. The summed E-state index contributed by atoms with van der Waals surface area (Å²) in [7, 11) is 0. The minimum atomic E-state index is -0.696. The fraction of sp³-hybridized carbons (Fsp3) is 0.917. The highest BCUT2D eigenvalue weighted by Gasteiger charge is 2.21. The van der Waals surface area contributed by atoms with Crippen molar-refractivity contribution in [2.24, 2.45) is 0 Å². The van der Waals surface area contributed by atoms with Crippen molar-refractivity contribution in [1.82, 2.24) is 5.32 Å². The van der Waals surface area contributed by atoms with Gasteiger partial charge in [0.1, 0.15) is 6.04 Å². The van der Waals surface area contributed by atoms with E-state index in [1.165, 1.54) is 25.7 Å². The molecule has 0 bridgehead atoms. The maximum Gasteiger partial charge on any atom is 0.320 e. The second kappa shape index (κ2) is 7.96. The van der Waals surface area contributed by atoms with Crippen LogP contribution in [0.1, 0.15) is 44.9 Å². The molecule has 0 spiro atoms. The van der Waals surface area contributed by atoms with Gasteiger partial charge in [0.05, 0.1) is 0 Å². The van der Waals surface area contributed by atoms with Crippen LogP contribution >= 0.6 is 11.8 Å². The molecule has 1 saturated carbocycles. The Balaban J connectivity index is 2.36. The van der Waals surface area contributed by atoms with E-state index in [1.807, 2.05) is 6.26 Å². The van der Waals surface area contributed by atoms with Gasteiger partial charge in [-0.1, -0.05) is 25.7 Å². The Labute approximate surface area is 102 Å². The van der Waals surface area contributed by atoms with Crippen molar-refractivity contribution >= 4 is 17.7 Å². The van der Waals surface area contributed by atoms with E-state index in [-0.39, 0.29) is 6.04 Å². The number of carbonyl (C=O) groups is 1. The van der Waals surface area contributed by atoms with Crippen molar-refractivity contribution in [3.8, 4) is 0 Å². The standard InChI is InChI=1S/C12H23NO2S/c1-16-9-8-11(12(14)15)13-10-6-4-2-3-5-7-10/h10-11,13H,2-9H2,1H3,(H,14,15). The highest BCUT2D eigenvalue weighted by atomic mass is 32.2. The predicted molar refractivity (Wildman–Crippen MR) is 69.0 cm³/mol. The van der Waals surface area contributed by atoms with E-state index < -0.39 is 5.97 Å². The van der Waals surface area contributed by atoms with Gasteiger partial charge in [-0.15, -0.1) is 0 Å². The van der Waals surface area contributed by atoms with Gasteiger partial charge in [0, 0.05) is 6.04 Å². The molecule has 0 aromatic carbocycles.